The Bertz CT molecular complexity index is 185. The highest BCUT2D eigenvalue weighted by Gasteiger charge is 2.45. The zero-order chi connectivity index (χ0) is 12.2. The molecule has 0 bridgehead atoms. The molecular formula is C9H19F3N2O. The summed E-state index contributed by atoms with van der Waals surface area (Å²) in [7, 11) is 1.32. The van der Waals surface area contributed by atoms with Crippen LogP contribution in [0.5, 0.6) is 0 Å². The topological polar surface area (TPSA) is 49.5 Å². The lowest BCUT2D eigenvalue weighted by Gasteiger charge is -2.34. The summed E-state index contributed by atoms with van der Waals surface area (Å²) in [6.07, 6.45) is -4.92. The van der Waals surface area contributed by atoms with Crippen molar-refractivity contribution in [3.05, 3.63) is 0 Å². The molecule has 92 valence electrons. The van der Waals surface area contributed by atoms with Gasteiger partial charge in [0.2, 0.25) is 0 Å². The van der Waals surface area contributed by atoms with Crippen LogP contribution < -0.4 is 5.73 Å². The molecule has 0 spiro atoms. The Morgan fingerprint density at radius 2 is 1.87 bits per heavy atom. The van der Waals surface area contributed by atoms with Crippen molar-refractivity contribution in [2.45, 2.75) is 44.6 Å². The van der Waals surface area contributed by atoms with Gasteiger partial charge < -0.3 is 10.8 Å². The predicted octanol–water partition coefficient (Wildman–Crippen LogP) is 0.967. The van der Waals surface area contributed by atoms with Gasteiger partial charge >= 0.3 is 6.18 Å². The van der Waals surface area contributed by atoms with Gasteiger partial charge in [-0.3, -0.25) is 4.90 Å². The second-order valence-corrected chi connectivity index (χ2v) is 3.85. The zero-order valence-corrected chi connectivity index (χ0v) is 9.25. The van der Waals surface area contributed by atoms with Gasteiger partial charge in [-0.15, -0.1) is 0 Å². The molecule has 0 rings (SSSR count). The van der Waals surface area contributed by atoms with Crippen LogP contribution >= 0.6 is 0 Å². The third kappa shape index (κ3) is 4.81. The smallest absolute Gasteiger partial charge is 0.392 e. The number of aliphatic hydroxyl groups is 1. The Balaban J connectivity index is 4.63. The van der Waals surface area contributed by atoms with E-state index in [4.69, 9.17) is 10.8 Å². The van der Waals surface area contributed by atoms with Gasteiger partial charge in [-0.05, 0) is 20.4 Å². The Labute approximate surface area is 88.0 Å². The second-order valence-electron chi connectivity index (χ2n) is 3.85. The number of hydrogen-bond acceptors (Lipinski definition) is 3. The number of nitrogens with two attached hydrogens (primary N) is 1. The number of halogens is 3. The molecule has 0 aliphatic heterocycles. The minimum Gasteiger partial charge on any atom is -0.392 e. The number of likely N-dealkylation sites (N-methyl/N-ethyl adjacent to an activating group) is 1. The van der Waals surface area contributed by atoms with Gasteiger partial charge in [0.15, 0.2) is 0 Å². The SMILES string of the molecule is CCC(N)C(N(C)CC(C)O)C(F)(F)F. The molecule has 3 nitrogen and oxygen atoms in total. The van der Waals surface area contributed by atoms with Crippen molar-refractivity contribution in [3.8, 4) is 0 Å². The van der Waals surface area contributed by atoms with Crippen LogP contribution in [0, 0.1) is 0 Å². The molecule has 3 unspecified atom stereocenters. The van der Waals surface area contributed by atoms with Crippen molar-refractivity contribution < 1.29 is 18.3 Å². The summed E-state index contributed by atoms with van der Waals surface area (Å²) in [5.41, 5.74) is 5.44. The van der Waals surface area contributed by atoms with Crippen molar-refractivity contribution in [3.63, 3.8) is 0 Å². The number of aliphatic hydroxyl groups excluding tert-OH is 1. The van der Waals surface area contributed by atoms with E-state index in [0.717, 1.165) is 4.90 Å². The molecular weight excluding hydrogens is 209 g/mol. The number of rotatable bonds is 5. The highest BCUT2D eigenvalue weighted by atomic mass is 19.4. The first kappa shape index (κ1) is 14.7. The summed E-state index contributed by atoms with van der Waals surface area (Å²) in [6.45, 7) is 3.01. The summed E-state index contributed by atoms with van der Waals surface area (Å²) >= 11 is 0. The van der Waals surface area contributed by atoms with E-state index in [1.807, 2.05) is 0 Å². The molecule has 0 aromatic carbocycles. The Hall–Kier alpha value is -0.330. The molecule has 0 saturated heterocycles. The van der Waals surface area contributed by atoms with E-state index in [1.165, 1.54) is 14.0 Å². The summed E-state index contributed by atoms with van der Waals surface area (Å²) in [6, 6.07) is -2.66. The predicted molar refractivity (Wildman–Crippen MR) is 52.4 cm³/mol. The van der Waals surface area contributed by atoms with Crippen molar-refractivity contribution in [2.24, 2.45) is 5.73 Å². The first-order chi connectivity index (χ1) is 6.70. The second kappa shape index (κ2) is 5.67. The molecule has 0 aliphatic rings. The fourth-order valence-corrected chi connectivity index (χ4v) is 1.57. The van der Waals surface area contributed by atoms with Crippen LogP contribution in [-0.4, -0.2) is 48.0 Å². The van der Waals surface area contributed by atoms with E-state index < -0.39 is 24.4 Å². The van der Waals surface area contributed by atoms with E-state index >= 15 is 0 Å². The molecule has 0 radical (unpaired) electrons. The molecule has 0 heterocycles. The Morgan fingerprint density at radius 3 is 2.13 bits per heavy atom. The maximum absolute atomic E-state index is 12.7. The first-order valence-electron chi connectivity index (χ1n) is 4.90. The normalized spacial score (nSPS) is 19.0. The van der Waals surface area contributed by atoms with Crippen LogP contribution in [0.1, 0.15) is 20.3 Å². The maximum atomic E-state index is 12.7. The van der Waals surface area contributed by atoms with Crippen molar-refractivity contribution in [2.75, 3.05) is 13.6 Å². The third-order valence-corrected chi connectivity index (χ3v) is 2.24. The maximum Gasteiger partial charge on any atom is 0.405 e. The lowest BCUT2D eigenvalue weighted by Crippen LogP contribution is -2.55. The summed E-state index contributed by atoms with van der Waals surface area (Å²) < 4.78 is 38.0. The Morgan fingerprint density at radius 1 is 1.40 bits per heavy atom. The number of nitrogens with zero attached hydrogens (tertiary/aromatic N) is 1. The van der Waals surface area contributed by atoms with Crippen LogP contribution in [0.2, 0.25) is 0 Å². The highest BCUT2D eigenvalue weighted by Crippen LogP contribution is 2.27. The lowest BCUT2D eigenvalue weighted by atomic mass is 10.0. The van der Waals surface area contributed by atoms with E-state index in [1.54, 1.807) is 6.92 Å². The van der Waals surface area contributed by atoms with E-state index in [9.17, 15) is 13.2 Å². The number of alkyl halides is 3. The van der Waals surface area contributed by atoms with Crippen LogP contribution in [0.25, 0.3) is 0 Å². The molecule has 0 aromatic heterocycles. The largest absolute Gasteiger partial charge is 0.405 e. The zero-order valence-electron chi connectivity index (χ0n) is 9.25. The van der Waals surface area contributed by atoms with Crippen molar-refractivity contribution >= 4 is 0 Å². The van der Waals surface area contributed by atoms with Gasteiger partial charge in [-0.25, -0.2) is 0 Å². The van der Waals surface area contributed by atoms with Crippen LogP contribution in [0.3, 0.4) is 0 Å². The van der Waals surface area contributed by atoms with E-state index in [2.05, 4.69) is 0 Å². The fraction of sp³-hybridized carbons (Fsp3) is 1.00. The van der Waals surface area contributed by atoms with Crippen molar-refractivity contribution in [1.29, 1.82) is 0 Å². The molecule has 0 fully saturated rings. The van der Waals surface area contributed by atoms with Gasteiger partial charge in [0.1, 0.15) is 6.04 Å². The monoisotopic (exact) mass is 228 g/mol. The average molecular weight is 228 g/mol. The molecule has 0 saturated carbocycles. The molecule has 0 aliphatic carbocycles. The van der Waals surface area contributed by atoms with E-state index in [-0.39, 0.29) is 13.0 Å². The van der Waals surface area contributed by atoms with Crippen molar-refractivity contribution in [1.82, 2.24) is 4.90 Å². The quantitative estimate of drug-likeness (QED) is 0.737. The van der Waals surface area contributed by atoms with Gasteiger partial charge in [0.25, 0.3) is 0 Å². The molecule has 3 N–H and O–H groups in total. The van der Waals surface area contributed by atoms with Crippen LogP contribution in [0.15, 0.2) is 0 Å². The molecule has 3 atom stereocenters. The fourth-order valence-electron chi connectivity index (χ4n) is 1.57. The van der Waals surface area contributed by atoms with Gasteiger partial charge in [-0.1, -0.05) is 6.92 Å². The Kier molecular flexibility index (Phi) is 5.55. The van der Waals surface area contributed by atoms with E-state index in [0.29, 0.717) is 0 Å². The minimum atomic E-state index is -4.36. The van der Waals surface area contributed by atoms with Crippen LogP contribution in [0.4, 0.5) is 13.2 Å². The average Bonchev–Trinajstić information content (AvgIpc) is 1.99. The standard InChI is InChI=1S/C9H19F3N2O/c1-4-7(13)8(9(10,11)12)14(3)5-6(2)15/h6-8,15H,4-5,13H2,1-3H3. The first-order valence-corrected chi connectivity index (χ1v) is 4.90. The summed E-state index contributed by atoms with van der Waals surface area (Å²) in [5.74, 6) is 0. The highest BCUT2D eigenvalue weighted by molar-refractivity contribution is 4.86. The van der Waals surface area contributed by atoms with Crippen LogP contribution in [-0.2, 0) is 0 Å². The molecule has 6 heteroatoms. The summed E-state index contributed by atoms with van der Waals surface area (Å²) in [4.78, 5) is 1.05. The lowest BCUT2D eigenvalue weighted by molar-refractivity contribution is -0.188. The number of hydrogen-bond donors (Lipinski definition) is 2. The summed E-state index contributed by atoms with van der Waals surface area (Å²) in [5, 5.41) is 9.04. The van der Waals surface area contributed by atoms with Gasteiger partial charge in [-0.2, -0.15) is 13.2 Å². The third-order valence-electron chi connectivity index (χ3n) is 2.24. The van der Waals surface area contributed by atoms with Gasteiger partial charge in [0, 0.05) is 12.6 Å². The minimum absolute atomic E-state index is 0.0438. The molecule has 0 aromatic rings. The molecule has 0 amide bonds. The molecule has 15 heavy (non-hydrogen) atoms. The van der Waals surface area contributed by atoms with Gasteiger partial charge in [0.05, 0.1) is 6.10 Å².